The number of rotatable bonds is 16. The summed E-state index contributed by atoms with van der Waals surface area (Å²) < 4.78 is 37.2. The van der Waals surface area contributed by atoms with Gasteiger partial charge in [0, 0.05) is 0 Å². The molecule has 8 atom stereocenters. The largest absolute Gasteiger partial charge is 0.481 e. The van der Waals surface area contributed by atoms with Crippen LogP contribution in [0.2, 0.25) is 0 Å². The van der Waals surface area contributed by atoms with E-state index in [9.17, 15) is 29.4 Å². The van der Waals surface area contributed by atoms with E-state index in [4.69, 9.17) is 33.2 Å². The molecule has 13 nitrogen and oxygen atoms in total. The number of ether oxygens (including phenoxy) is 7. The molecule has 0 radical (unpaired) electrons. The third kappa shape index (κ3) is 6.36. The average Bonchev–Trinajstić information content (AvgIpc) is 3.66. The topological polar surface area (TPSA) is 173 Å². The minimum atomic E-state index is -1.09. The molecule has 37 heavy (non-hydrogen) atoms. The van der Waals surface area contributed by atoms with Crippen LogP contribution >= 0.6 is 0 Å². The summed E-state index contributed by atoms with van der Waals surface area (Å²) in [7, 11) is 0. The Labute approximate surface area is 212 Å². The van der Waals surface area contributed by atoms with Crippen LogP contribution < -0.4 is 0 Å². The summed E-state index contributed by atoms with van der Waals surface area (Å²) in [4.78, 5) is 47.3. The number of hydrogen-bond donors (Lipinski definition) is 2. The minimum absolute atomic E-state index is 0.0114. The Bertz CT molecular complexity index is 842. The lowest BCUT2D eigenvalue weighted by molar-refractivity contribution is -0.158. The SMILES string of the molecule is O=C(OCCOCCOCCOCCOC(=O)[C@@H]1[C@H](C(=O)O)[C@H]2C=C[C@@H]1O2)[C@@H]1[C@H](C(=O)O)[C@H]2C=C[C@@H]1O2. The zero-order valence-electron chi connectivity index (χ0n) is 20.0. The van der Waals surface area contributed by atoms with Gasteiger partial charge in [-0.15, -0.1) is 0 Å². The maximum atomic E-state index is 12.3. The van der Waals surface area contributed by atoms with Crippen LogP contribution in [0, 0.1) is 23.7 Å². The molecule has 2 fully saturated rings. The molecule has 0 aromatic carbocycles. The van der Waals surface area contributed by atoms with E-state index in [0.717, 1.165) is 0 Å². The van der Waals surface area contributed by atoms with Gasteiger partial charge in [0.1, 0.15) is 36.9 Å². The smallest absolute Gasteiger partial charge is 0.313 e. The molecule has 13 heteroatoms. The molecule has 0 saturated carbocycles. The van der Waals surface area contributed by atoms with E-state index < -0.39 is 72.0 Å². The van der Waals surface area contributed by atoms with Crippen molar-refractivity contribution in [3.05, 3.63) is 24.3 Å². The van der Waals surface area contributed by atoms with Crippen LogP contribution in [0.15, 0.2) is 24.3 Å². The summed E-state index contributed by atoms with van der Waals surface area (Å²) >= 11 is 0. The fraction of sp³-hybridized carbons (Fsp3) is 0.667. The summed E-state index contributed by atoms with van der Waals surface area (Å²) in [6.45, 7) is 1.34. The molecule has 0 unspecified atom stereocenters. The van der Waals surface area contributed by atoms with Gasteiger partial charge < -0.3 is 43.4 Å². The lowest BCUT2D eigenvalue weighted by Gasteiger charge is -2.20. The van der Waals surface area contributed by atoms with E-state index in [2.05, 4.69) is 0 Å². The number of esters is 2. The predicted octanol–water partition coefficient (Wildman–Crippen LogP) is -0.569. The summed E-state index contributed by atoms with van der Waals surface area (Å²) in [6, 6.07) is 0. The monoisotopic (exact) mass is 526 g/mol. The first kappa shape index (κ1) is 27.2. The molecular weight excluding hydrogens is 496 g/mol. The van der Waals surface area contributed by atoms with Crippen molar-refractivity contribution in [1.29, 1.82) is 0 Å². The van der Waals surface area contributed by atoms with Gasteiger partial charge in [-0.2, -0.15) is 0 Å². The zero-order valence-corrected chi connectivity index (χ0v) is 20.0. The highest BCUT2D eigenvalue weighted by Gasteiger charge is 2.55. The van der Waals surface area contributed by atoms with E-state index in [1.807, 2.05) is 0 Å². The van der Waals surface area contributed by atoms with Gasteiger partial charge in [0.15, 0.2) is 0 Å². The highest BCUT2D eigenvalue weighted by Crippen LogP contribution is 2.40. The number of hydrogen-bond acceptors (Lipinski definition) is 11. The summed E-state index contributed by atoms with van der Waals surface area (Å²) in [6.07, 6.45) is 4.34. The number of carboxylic acids is 2. The Hall–Kier alpha value is -2.84. The van der Waals surface area contributed by atoms with E-state index >= 15 is 0 Å². The predicted molar refractivity (Wildman–Crippen MR) is 119 cm³/mol. The zero-order chi connectivity index (χ0) is 26.4. The Morgan fingerprint density at radius 3 is 1.14 bits per heavy atom. The van der Waals surface area contributed by atoms with Crippen molar-refractivity contribution in [2.45, 2.75) is 24.4 Å². The number of carbonyl (C=O) groups is 4. The first-order valence-electron chi connectivity index (χ1n) is 12.1. The highest BCUT2D eigenvalue weighted by atomic mass is 16.6. The van der Waals surface area contributed by atoms with Crippen molar-refractivity contribution in [3.8, 4) is 0 Å². The lowest BCUT2D eigenvalue weighted by Crippen LogP contribution is -2.37. The van der Waals surface area contributed by atoms with Crippen LogP contribution in [0.3, 0.4) is 0 Å². The van der Waals surface area contributed by atoms with Gasteiger partial charge in [-0.3, -0.25) is 19.2 Å². The molecule has 0 aromatic heterocycles. The maximum Gasteiger partial charge on any atom is 0.313 e. The number of fused-ring (bicyclic) bond motifs is 4. The third-order valence-corrected chi connectivity index (χ3v) is 6.60. The Morgan fingerprint density at radius 1 is 0.514 bits per heavy atom. The fourth-order valence-electron chi connectivity index (χ4n) is 4.90. The van der Waals surface area contributed by atoms with Crippen molar-refractivity contribution in [3.63, 3.8) is 0 Å². The Balaban J connectivity index is 0.961. The first-order valence-corrected chi connectivity index (χ1v) is 12.1. The van der Waals surface area contributed by atoms with Crippen molar-refractivity contribution in [2.75, 3.05) is 52.9 Å². The van der Waals surface area contributed by atoms with Gasteiger partial charge in [-0.25, -0.2) is 0 Å². The quantitative estimate of drug-likeness (QED) is 0.149. The number of carboxylic acid groups (broad SMARTS) is 2. The molecular formula is C24H30O13. The van der Waals surface area contributed by atoms with E-state index in [1.54, 1.807) is 24.3 Å². The van der Waals surface area contributed by atoms with Gasteiger partial charge >= 0.3 is 23.9 Å². The number of carbonyl (C=O) groups excluding carboxylic acids is 2. The number of aliphatic carboxylic acids is 2. The molecule has 0 aliphatic carbocycles. The van der Waals surface area contributed by atoms with Crippen LogP contribution in [-0.2, 0) is 52.3 Å². The van der Waals surface area contributed by atoms with Crippen LogP contribution in [0.4, 0.5) is 0 Å². The van der Waals surface area contributed by atoms with Gasteiger partial charge in [-0.1, -0.05) is 24.3 Å². The van der Waals surface area contributed by atoms with Crippen LogP contribution in [-0.4, -0.2) is 111 Å². The molecule has 4 heterocycles. The normalized spacial score (nSPS) is 32.6. The van der Waals surface area contributed by atoms with Crippen LogP contribution in [0.5, 0.6) is 0 Å². The van der Waals surface area contributed by atoms with E-state index in [0.29, 0.717) is 0 Å². The van der Waals surface area contributed by atoms with Crippen molar-refractivity contribution in [1.82, 2.24) is 0 Å². The van der Waals surface area contributed by atoms with Gasteiger partial charge in [0.05, 0.1) is 64.1 Å². The third-order valence-electron chi connectivity index (χ3n) is 6.60. The van der Waals surface area contributed by atoms with Gasteiger partial charge in [0.2, 0.25) is 0 Å². The maximum absolute atomic E-state index is 12.3. The summed E-state index contributed by atoms with van der Waals surface area (Å²) in [5.74, 6) is -7.00. The van der Waals surface area contributed by atoms with Gasteiger partial charge in [-0.05, 0) is 0 Å². The van der Waals surface area contributed by atoms with Crippen molar-refractivity contribution < 1.29 is 62.5 Å². The molecule has 0 spiro atoms. The van der Waals surface area contributed by atoms with E-state index in [1.165, 1.54) is 0 Å². The second kappa shape index (κ2) is 12.6. The molecule has 0 amide bonds. The molecule has 4 aliphatic rings. The molecule has 204 valence electrons. The van der Waals surface area contributed by atoms with Crippen LogP contribution in [0.1, 0.15) is 0 Å². The second-order valence-corrected chi connectivity index (χ2v) is 8.85. The Morgan fingerprint density at radius 2 is 0.811 bits per heavy atom. The van der Waals surface area contributed by atoms with Gasteiger partial charge in [0.25, 0.3) is 0 Å². The van der Waals surface area contributed by atoms with Crippen LogP contribution in [0.25, 0.3) is 0 Å². The fourth-order valence-corrected chi connectivity index (χ4v) is 4.90. The lowest BCUT2D eigenvalue weighted by atomic mass is 9.83. The molecule has 4 rings (SSSR count). The highest BCUT2D eigenvalue weighted by molar-refractivity contribution is 5.84. The molecule has 0 aromatic rings. The van der Waals surface area contributed by atoms with Crippen molar-refractivity contribution >= 4 is 23.9 Å². The summed E-state index contributed by atoms with van der Waals surface area (Å²) in [5.41, 5.74) is 0. The van der Waals surface area contributed by atoms with E-state index in [-0.39, 0.29) is 52.9 Å². The van der Waals surface area contributed by atoms with Crippen molar-refractivity contribution in [2.24, 2.45) is 23.7 Å². The minimum Gasteiger partial charge on any atom is -0.481 e. The second-order valence-electron chi connectivity index (χ2n) is 8.85. The molecule has 4 bridgehead atoms. The first-order chi connectivity index (χ1) is 17.9. The summed E-state index contributed by atoms with van der Waals surface area (Å²) in [5, 5.41) is 18.6. The molecule has 4 aliphatic heterocycles. The molecule has 2 N–H and O–H groups in total. The standard InChI is InChI=1S/C24H30O13/c25-21(26)17-13-1-3-15(36-13)19(17)23(29)34-11-9-32-7-5-31-6-8-33-10-12-35-24(30)20-16-4-2-14(37-16)18(20)22(27)28/h1-4,13-20H,5-12H2,(H,25,26)(H,27,28)/t13-,14-,15+,16+,17-,18-,19+,20+/m1/s1. The average molecular weight is 526 g/mol. The Kier molecular flexibility index (Phi) is 9.27. The molecule has 2 saturated heterocycles.